The van der Waals surface area contributed by atoms with Gasteiger partial charge in [-0.1, -0.05) is 40.2 Å². The van der Waals surface area contributed by atoms with E-state index in [4.69, 9.17) is 5.73 Å². The molecule has 0 heterocycles. The van der Waals surface area contributed by atoms with Gasteiger partial charge in [-0.25, -0.2) is 4.39 Å². The number of anilines is 1. The molecule has 0 bridgehead atoms. The van der Waals surface area contributed by atoms with Crippen LogP contribution >= 0.6 is 15.9 Å². The highest BCUT2D eigenvalue weighted by molar-refractivity contribution is 9.10. The standard InChI is InChI=1S/C16H18BrFN2/c1-11(19)16-14(18)8-5-9-15(16)20(2)10-12-6-3-4-7-13(12)17/h3-9,11H,10,19H2,1-2H3/t11-/m0/s1. The molecule has 2 aromatic carbocycles. The van der Waals surface area contributed by atoms with Crippen molar-refractivity contribution >= 4 is 21.6 Å². The van der Waals surface area contributed by atoms with Gasteiger partial charge in [-0.2, -0.15) is 0 Å². The normalized spacial score (nSPS) is 12.2. The van der Waals surface area contributed by atoms with Crippen LogP contribution in [0.15, 0.2) is 46.9 Å². The molecule has 1 atom stereocenters. The monoisotopic (exact) mass is 336 g/mol. The van der Waals surface area contributed by atoms with Crippen molar-refractivity contribution < 1.29 is 4.39 Å². The first-order valence-corrected chi connectivity index (χ1v) is 7.28. The van der Waals surface area contributed by atoms with Crippen molar-refractivity contribution in [3.05, 3.63) is 63.9 Å². The zero-order valence-electron chi connectivity index (χ0n) is 11.6. The molecule has 0 fully saturated rings. The van der Waals surface area contributed by atoms with Crippen molar-refractivity contribution in [1.82, 2.24) is 0 Å². The van der Waals surface area contributed by atoms with Crippen molar-refractivity contribution in [1.29, 1.82) is 0 Å². The molecule has 0 amide bonds. The minimum Gasteiger partial charge on any atom is -0.370 e. The number of nitrogens with two attached hydrogens (primary N) is 1. The second kappa shape index (κ2) is 6.37. The van der Waals surface area contributed by atoms with Crippen LogP contribution in [0.1, 0.15) is 24.1 Å². The van der Waals surface area contributed by atoms with Crippen LogP contribution in [0.3, 0.4) is 0 Å². The maximum atomic E-state index is 14.0. The van der Waals surface area contributed by atoms with Crippen LogP contribution in [0.5, 0.6) is 0 Å². The Hall–Kier alpha value is -1.39. The van der Waals surface area contributed by atoms with E-state index in [2.05, 4.69) is 15.9 Å². The first-order valence-electron chi connectivity index (χ1n) is 6.49. The first-order chi connectivity index (χ1) is 9.50. The van der Waals surface area contributed by atoms with E-state index in [1.54, 1.807) is 13.0 Å². The Kier molecular flexibility index (Phi) is 4.78. The third kappa shape index (κ3) is 3.19. The Bertz CT molecular complexity index is 599. The molecule has 0 saturated carbocycles. The number of hydrogen-bond acceptors (Lipinski definition) is 2. The van der Waals surface area contributed by atoms with E-state index in [1.807, 2.05) is 42.3 Å². The lowest BCUT2D eigenvalue weighted by molar-refractivity contribution is 0.592. The second-order valence-electron chi connectivity index (χ2n) is 4.91. The Balaban J connectivity index is 2.33. The largest absolute Gasteiger partial charge is 0.370 e. The summed E-state index contributed by atoms with van der Waals surface area (Å²) in [7, 11) is 1.94. The van der Waals surface area contributed by atoms with Gasteiger partial charge in [0.1, 0.15) is 5.82 Å². The summed E-state index contributed by atoms with van der Waals surface area (Å²) in [6.45, 7) is 2.48. The molecule has 20 heavy (non-hydrogen) atoms. The van der Waals surface area contributed by atoms with E-state index in [1.165, 1.54) is 6.07 Å². The molecule has 2 rings (SSSR count). The van der Waals surface area contributed by atoms with Gasteiger partial charge in [-0.05, 0) is 30.7 Å². The molecule has 0 aliphatic rings. The van der Waals surface area contributed by atoms with Crippen LogP contribution in [-0.2, 0) is 6.54 Å². The average molecular weight is 337 g/mol. The van der Waals surface area contributed by atoms with Gasteiger partial charge in [0.15, 0.2) is 0 Å². The number of hydrogen-bond donors (Lipinski definition) is 1. The third-order valence-electron chi connectivity index (χ3n) is 3.26. The molecule has 2 N–H and O–H groups in total. The maximum absolute atomic E-state index is 14.0. The van der Waals surface area contributed by atoms with Crippen molar-refractivity contribution in [3.63, 3.8) is 0 Å². The molecular weight excluding hydrogens is 319 g/mol. The van der Waals surface area contributed by atoms with E-state index in [-0.39, 0.29) is 11.9 Å². The fraction of sp³-hybridized carbons (Fsp3) is 0.250. The van der Waals surface area contributed by atoms with Gasteiger partial charge in [0.25, 0.3) is 0 Å². The lowest BCUT2D eigenvalue weighted by Crippen LogP contribution is -2.21. The van der Waals surface area contributed by atoms with Gasteiger partial charge in [0.2, 0.25) is 0 Å². The SMILES string of the molecule is C[C@H](N)c1c(F)cccc1N(C)Cc1ccccc1Br. The Morgan fingerprint density at radius 3 is 2.55 bits per heavy atom. The first kappa shape index (κ1) is 15.0. The number of nitrogens with zero attached hydrogens (tertiary/aromatic N) is 1. The van der Waals surface area contributed by atoms with Crippen molar-refractivity contribution in [2.45, 2.75) is 19.5 Å². The predicted molar refractivity (Wildman–Crippen MR) is 85.3 cm³/mol. The quantitative estimate of drug-likeness (QED) is 0.904. The third-order valence-corrected chi connectivity index (χ3v) is 4.04. The molecule has 2 nitrogen and oxygen atoms in total. The van der Waals surface area contributed by atoms with Crippen molar-refractivity contribution in [3.8, 4) is 0 Å². The van der Waals surface area contributed by atoms with Crippen LogP contribution in [0.2, 0.25) is 0 Å². The van der Waals surface area contributed by atoms with Crippen LogP contribution < -0.4 is 10.6 Å². The highest BCUT2D eigenvalue weighted by Crippen LogP contribution is 2.29. The van der Waals surface area contributed by atoms with Crippen LogP contribution in [0.4, 0.5) is 10.1 Å². The molecule has 0 aliphatic carbocycles. The summed E-state index contributed by atoms with van der Waals surface area (Å²) in [6.07, 6.45) is 0. The average Bonchev–Trinajstić information content (AvgIpc) is 2.40. The van der Waals surface area contributed by atoms with Crippen LogP contribution in [0, 0.1) is 5.82 Å². The Morgan fingerprint density at radius 1 is 1.20 bits per heavy atom. The summed E-state index contributed by atoms with van der Waals surface area (Å²) >= 11 is 3.53. The van der Waals surface area contributed by atoms with Gasteiger partial charge >= 0.3 is 0 Å². The number of rotatable bonds is 4. The highest BCUT2D eigenvalue weighted by Gasteiger charge is 2.16. The Labute approximate surface area is 127 Å². The topological polar surface area (TPSA) is 29.3 Å². The van der Waals surface area contributed by atoms with Crippen LogP contribution in [0.25, 0.3) is 0 Å². The molecule has 0 spiro atoms. The van der Waals surface area contributed by atoms with Gasteiger partial charge < -0.3 is 10.6 Å². The zero-order valence-corrected chi connectivity index (χ0v) is 13.2. The van der Waals surface area contributed by atoms with Gasteiger partial charge in [-0.15, -0.1) is 0 Å². The van der Waals surface area contributed by atoms with Crippen molar-refractivity contribution in [2.75, 3.05) is 11.9 Å². The van der Waals surface area contributed by atoms with Gasteiger partial charge in [0, 0.05) is 35.4 Å². The maximum Gasteiger partial charge on any atom is 0.130 e. The molecule has 0 aliphatic heterocycles. The summed E-state index contributed by atoms with van der Waals surface area (Å²) in [4.78, 5) is 2.02. The van der Waals surface area contributed by atoms with E-state index >= 15 is 0 Å². The molecule has 106 valence electrons. The van der Waals surface area contributed by atoms with Gasteiger partial charge in [0.05, 0.1) is 0 Å². The van der Waals surface area contributed by atoms with E-state index in [9.17, 15) is 4.39 Å². The molecule has 0 saturated heterocycles. The summed E-state index contributed by atoms with van der Waals surface area (Å²) in [5, 5.41) is 0. The van der Waals surface area contributed by atoms with E-state index in [0.29, 0.717) is 12.1 Å². The van der Waals surface area contributed by atoms with Crippen molar-refractivity contribution in [2.24, 2.45) is 5.73 Å². The smallest absolute Gasteiger partial charge is 0.130 e. The molecule has 0 unspecified atom stereocenters. The molecule has 0 aromatic heterocycles. The molecule has 2 aromatic rings. The summed E-state index contributed by atoms with van der Waals surface area (Å²) in [5.41, 5.74) is 8.44. The molecule has 4 heteroatoms. The van der Waals surface area contributed by atoms with Gasteiger partial charge in [-0.3, -0.25) is 0 Å². The summed E-state index contributed by atoms with van der Waals surface area (Å²) < 4.78 is 15.0. The minimum atomic E-state index is -0.340. The number of halogens is 2. The molecular formula is C16H18BrFN2. The lowest BCUT2D eigenvalue weighted by atomic mass is 10.0. The predicted octanol–water partition coefficient (Wildman–Crippen LogP) is 4.24. The summed E-state index contributed by atoms with van der Waals surface area (Å²) in [6, 6.07) is 12.7. The molecule has 0 radical (unpaired) electrons. The Morgan fingerprint density at radius 2 is 1.90 bits per heavy atom. The van der Waals surface area contributed by atoms with E-state index in [0.717, 1.165) is 15.7 Å². The summed E-state index contributed by atoms with van der Waals surface area (Å²) in [5.74, 6) is -0.253. The fourth-order valence-corrected chi connectivity index (χ4v) is 2.69. The zero-order chi connectivity index (χ0) is 14.7. The lowest BCUT2D eigenvalue weighted by Gasteiger charge is -2.25. The fourth-order valence-electron chi connectivity index (χ4n) is 2.28. The van der Waals surface area contributed by atoms with E-state index < -0.39 is 0 Å². The van der Waals surface area contributed by atoms with Crippen LogP contribution in [-0.4, -0.2) is 7.05 Å². The number of benzene rings is 2. The second-order valence-corrected chi connectivity index (χ2v) is 5.76. The highest BCUT2D eigenvalue weighted by atomic mass is 79.9. The minimum absolute atomic E-state index is 0.253.